The summed E-state index contributed by atoms with van der Waals surface area (Å²) in [6.45, 7) is 6.05. The van der Waals surface area contributed by atoms with Crippen molar-refractivity contribution < 1.29 is 4.52 Å². The van der Waals surface area contributed by atoms with Gasteiger partial charge < -0.3 is 9.84 Å². The van der Waals surface area contributed by atoms with Crippen molar-refractivity contribution in [2.24, 2.45) is 0 Å². The van der Waals surface area contributed by atoms with Crippen molar-refractivity contribution in [2.45, 2.75) is 26.8 Å². The number of hydrogen-bond donors (Lipinski definition) is 1. The van der Waals surface area contributed by atoms with Crippen molar-refractivity contribution in [3.63, 3.8) is 0 Å². The lowest BCUT2D eigenvalue weighted by atomic mass is 9.97. The van der Waals surface area contributed by atoms with Crippen molar-refractivity contribution in [2.75, 3.05) is 6.54 Å². The summed E-state index contributed by atoms with van der Waals surface area (Å²) in [5, 5.41) is 7.48. The standard InChI is InChI=1S/C14H16N2O/c1-9-3-4-10(2)12(7-9)14-11-5-6-15-8-13(11)16-17-14/h3-4,7,15H,5-6,8H2,1-2H3. The van der Waals surface area contributed by atoms with Crippen LogP contribution >= 0.6 is 0 Å². The van der Waals surface area contributed by atoms with Gasteiger partial charge in [0.15, 0.2) is 5.76 Å². The third kappa shape index (κ3) is 1.76. The van der Waals surface area contributed by atoms with Crippen LogP contribution in [0.5, 0.6) is 0 Å². The summed E-state index contributed by atoms with van der Waals surface area (Å²) >= 11 is 0. The highest BCUT2D eigenvalue weighted by Gasteiger charge is 2.21. The number of aryl methyl sites for hydroxylation is 2. The molecule has 88 valence electrons. The fourth-order valence-corrected chi connectivity index (χ4v) is 2.35. The topological polar surface area (TPSA) is 38.1 Å². The van der Waals surface area contributed by atoms with Gasteiger partial charge in [-0.05, 0) is 38.4 Å². The number of benzene rings is 1. The zero-order chi connectivity index (χ0) is 11.8. The number of rotatable bonds is 1. The SMILES string of the molecule is Cc1ccc(C)c(-c2onc3c2CCNC3)c1. The lowest BCUT2D eigenvalue weighted by Crippen LogP contribution is -2.23. The molecule has 0 aliphatic carbocycles. The van der Waals surface area contributed by atoms with Crippen LogP contribution in [0, 0.1) is 13.8 Å². The second-order valence-corrected chi connectivity index (χ2v) is 4.68. The molecule has 17 heavy (non-hydrogen) atoms. The smallest absolute Gasteiger partial charge is 0.170 e. The average Bonchev–Trinajstić information content (AvgIpc) is 2.76. The van der Waals surface area contributed by atoms with E-state index in [1.54, 1.807) is 0 Å². The largest absolute Gasteiger partial charge is 0.356 e. The maximum atomic E-state index is 5.55. The Hall–Kier alpha value is -1.61. The van der Waals surface area contributed by atoms with Gasteiger partial charge >= 0.3 is 0 Å². The Balaban J connectivity index is 2.15. The van der Waals surface area contributed by atoms with Gasteiger partial charge in [-0.15, -0.1) is 0 Å². The predicted molar refractivity (Wildman–Crippen MR) is 66.8 cm³/mol. The minimum absolute atomic E-state index is 0.823. The van der Waals surface area contributed by atoms with Crippen LogP contribution < -0.4 is 5.32 Å². The van der Waals surface area contributed by atoms with E-state index < -0.39 is 0 Å². The van der Waals surface area contributed by atoms with Crippen LogP contribution in [0.4, 0.5) is 0 Å². The Kier molecular flexibility index (Phi) is 2.48. The number of fused-ring (bicyclic) bond motifs is 1. The Morgan fingerprint density at radius 2 is 2.18 bits per heavy atom. The van der Waals surface area contributed by atoms with Gasteiger partial charge in [0.1, 0.15) is 5.69 Å². The van der Waals surface area contributed by atoms with Gasteiger partial charge in [-0.2, -0.15) is 0 Å². The van der Waals surface area contributed by atoms with Crippen LogP contribution in [0.3, 0.4) is 0 Å². The average molecular weight is 228 g/mol. The zero-order valence-corrected chi connectivity index (χ0v) is 10.2. The van der Waals surface area contributed by atoms with E-state index >= 15 is 0 Å². The molecule has 0 spiro atoms. The van der Waals surface area contributed by atoms with Gasteiger partial charge in [-0.1, -0.05) is 22.9 Å². The second-order valence-electron chi connectivity index (χ2n) is 4.68. The van der Waals surface area contributed by atoms with Gasteiger partial charge in [-0.25, -0.2) is 0 Å². The normalized spacial score (nSPS) is 14.7. The molecule has 0 radical (unpaired) electrons. The first-order chi connectivity index (χ1) is 8.25. The van der Waals surface area contributed by atoms with Gasteiger partial charge in [0, 0.05) is 17.7 Å². The van der Waals surface area contributed by atoms with Crippen molar-refractivity contribution >= 4 is 0 Å². The third-order valence-electron chi connectivity index (χ3n) is 3.35. The summed E-state index contributed by atoms with van der Waals surface area (Å²) in [6, 6.07) is 6.45. The zero-order valence-electron chi connectivity index (χ0n) is 10.2. The predicted octanol–water partition coefficient (Wildman–Crippen LogP) is 2.60. The maximum absolute atomic E-state index is 5.55. The van der Waals surface area contributed by atoms with Gasteiger partial charge in [-0.3, -0.25) is 0 Å². The molecule has 0 saturated carbocycles. The lowest BCUT2D eigenvalue weighted by Gasteiger charge is -2.12. The molecule has 0 saturated heterocycles. The maximum Gasteiger partial charge on any atom is 0.170 e. The molecular formula is C14H16N2O. The first-order valence-electron chi connectivity index (χ1n) is 6.01. The highest BCUT2D eigenvalue weighted by Crippen LogP contribution is 2.31. The van der Waals surface area contributed by atoms with Crippen LogP contribution in [0.1, 0.15) is 22.4 Å². The number of aromatic nitrogens is 1. The third-order valence-corrected chi connectivity index (χ3v) is 3.35. The number of hydrogen-bond acceptors (Lipinski definition) is 3. The fourth-order valence-electron chi connectivity index (χ4n) is 2.35. The van der Waals surface area contributed by atoms with Crippen molar-refractivity contribution in [3.8, 4) is 11.3 Å². The highest BCUT2D eigenvalue weighted by molar-refractivity contribution is 5.66. The molecule has 2 heterocycles. The molecule has 1 aromatic heterocycles. The second kappa shape index (κ2) is 4.00. The fraction of sp³-hybridized carbons (Fsp3) is 0.357. The van der Waals surface area contributed by atoms with Crippen LogP contribution in [0.2, 0.25) is 0 Å². The Morgan fingerprint density at radius 1 is 1.29 bits per heavy atom. The molecule has 3 heteroatoms. The van der Waals surface area contributed by atoms with E-state index in [2.05, 4.69) is 42.5 Å². The minimum Gasteiger partial charge on any atom is -0.356 e. The van der Waals surface area contributed by atoms with Crippen LogP contribution in [0.15, 0.2) is 22.7 Å². The molecule has 1 aliphatic heterocycles. The van der Waals surface area contributed by atoms with Gasteiger partial charge in [0.2, 0.25) is 0 Å². The van der Waals surface area contributed by atoms with Crippen LogP contribution in [0.25, 0.3) is 11.3 Å². The Bertz CT molecular complexity index is 557. The summed E-state index contributed by atoms with van der Waals surface area (Å²) in [5.74, 6) is 0.961. The highest BCUT2D eigenvalue weighted by atomic mass is 16.5. The first-order valence-corrected chi connectivity index (χ1v) is 6.01. The molecule has 2 aromatic rings. The first kappa shape index (κ1) is 10.5. The molecule has 1 aliphatic rings. The number of nitrogens with one attached hydrogen (secondary N) is 1. The van der Waals surface area contributed by atoms with Crippen LogP contribution in [-0.4, -0.2) is 11.7 Å². The summed E-state index contributed by atoms with van der Waals surface area (Å²) in [6.07, 6.45) is 1.00. The molecule has 0 bridgehead atoms. The molecule has 3 nitrogen and oxygen atoms in total. The quantitative estimate of drug-likeness (QED) is 0.815. The molecule has 0 fully saturated rings. The molecule has 0 unspecified atom stereocenters. The van der Waals surface area contributed by atoms with Crippen molar-refractivity contribution in [1.82, 2.24) is 10.5 Å². The molecule has 0 amide bonds. The van der Waals surface area contributed by atoms with Crippen molar-refractivity contribution in [3.05, 3.63) is 40.6 Å². The van der Waals surface area contributed by atoms with Crippen LogP contribution in [-0.2, 0) is 13.0 Å². The summed E-state index contributed by atoms with van der Waals surface area (Å²) in [7, 11) is 0. The monoisotopic (exact) mass is 228 g/mol. The van der Waals surface area contributed by atoms with E-state index in [0.29, 0.717) is 0 Å². The Labute approximate surface area is 101 Å². The molecule has 0 atom stereocenters. The van der Waals surface area contributed by atoms with Gasteiger partial charge in [0.25, 0.3) is 0 Å². The summed E-state index contributed by atoms with van der Waals surface area (Å²) in [4.78, 5) is 0. The molecule has 3 rings (SSSR count). The Morgan fingerprint density at radius 3 is 3.06 bits per heavy atom. The molecule has 1 aromatic carbocycles. The van der Waals surface area contributed by atoms with E-state index in [0.717, 1.165) is 31.0 Å². The van der Waals surface area contributed by atoms with Gasteiger partial charge in [0.05, 0.1) is 0 Å². The van der Waals surface area contributed by atoms with E-state index in [-0.39, 0.29) is 0 Å². The van der Waals surface area contributed by atoms with Crippen molar-refractivity contribution in [1.29, 1.82) is 0 Å². The molecule has 1 N–H and O–H groups in total. The molecular weight excluding hydrogens is 212 g/mol. The number of nitrogens with zero attached hydrogens (tertiary/aromatic N) is 1. The van der Waals surface area contributed by atoms with E-state index in [4.69, 9.17) is 4.52 Å². The minimum atomic E-state index is 0.823. The van der Waals surface area contributed by atoms with E-state index in [1.165, 1.54) is 22.3 Å². The van der Waals surface area contributed by atoms with E-state index in [9.17, 15) is 0 Å². The van der Waals surface area contributed by atoms with E-state index in [1.807, 2.05) is 0 Å². The summed E-state index contributed by atoms with van der Waals surface area (Å²) < 4.78 is 5.55. The summed E-state index contributed by atoms with van der Waals surface area (Å²) in [5.41, 5.74) is 6.02. The lowest BCUT2D eigenvalue weighted by molar-refractivity contribution is 0.421.